The van der Waals surface area contributed by atoms with Crippen molar-refractivity contribution in [1.82, 2.24) is 18.7 Å². The summed E-state index contributed by atoms with van der Waals surface area (Å²) < 4.78 is 4.50. The van der Waals surface area contributed by atoms with Gasteiger partial charge in [0.25, 0.3) is 5.56 Å². The monoisotopic (exact) mass is 358 g/mol. The number of aryl methyl sites for hydroxylation is 2. The number of thioether (sulfide) groups is 1. The van der Waals surface area contributed by atoms with Crippen LogP contribution in [0.1, 0.15) is 25.0 Å². The summed E-state index contributed by atoms with van der Waals surface area (Å²) in [5.41, 5.74) is 2.49. The first-order valence-corrected chi connectivity index (χ1v) is 9.06. The molecule has 0 aliphatic rings. The fraction of sp³-hybridized carbons (Fsp3) is 0.389. The normalized spacial score (nSPS) is 11.6. The number of hydrogen-bond acceptors (Lipinski definition) is 4. The van der Waals surface area contributed by atoms with Gasteiger partial charge < -0.3 is 4.57 Å². The molecule has 7 heteroatoms. The molecule has 0 saturated heterocycles. The van der Waals surface area contributed by atoms with E-state index < -0.39 is 0 Å². The summed E-state index contributed by atoms with van der Waals surface area (Å²) in [6.07, 6.45) is 0. The van der Waals surface area contributed by atoms with Crippen LogP contribution in [0.5, 0.6) is 0 Å². The van der Waals surface area contributed by atoms with Crippen molar-refractivity contribution in [2.24, 2.45) is 14.1 Å². The molecule has 0 spiro atoms. The van der Waals surface area contributed by atoms with E-state index in [0.717, 1.165) is 15.3 Å². The highest BCUT2D eigenvalue weighted by Crippen LogP contribution is 2.26. The predicted molar refractivity (Wildman–Crippen MR) is 101 cm³/mol. The molecular weight excluding hydrogens is 336 g/mol. The summed E-state index contributed by atoms with van der Waals surface area (Å²) in [6.45, 7) is 6.75. The topological polar surface area (TPSA) is 61.8 Å². The Balaban J connectivity index is 2.30. The maximum atomic E-state index is 12.8. The molecule has 0 unspecified atom stereocenters. The molecule has 0 radical (unpaired) electrons. The molecule has 6 nitrogen and oxygen atoms in total. The zero-order chi connectivity index (χ0) is 18.3. The van der Waals surface area contributed by atoms with Gasteiger partial charge in [-0.15, -0.1) is 0 Å². The van der Waals surface area contributed by atoms with Gasteiger partial charge >= 0.3 is 5.69 Å². The quantitative estimate of drug-likeness (QED) is 0.672. The number of nitrogens with zero attached hydrogens (tertiary/aromatic N) is 4. The first-order chi connectivity index (χ1) is 11.8. The van der Waals surface area contributed by atoms with E-state index in [4.69, 9.17) is 0 Å². The number of rotatable bonds is 4. The molecular formula is C18H22N4O2S. The van der Waals surface area contributed by atoms with Crippen molar-refractivity contribution in [2.75, 3.05) is 0 Å². The smallest absolute Gasteiger partial charge is 0.309 e. The van der Waals surface area contributed by atoms with Crippen molar-refractivity contribution in [1.29, 1.82) is 0 Å². The van der Waals surface area contributed by atoms with E-state index in [0.29, 0.717) is 23.0 Å². The number of fused-ring (bicyclic) bond motifs is 1. The van der Waals surface area contributed by atoms with E-state index in [1.165, 1.54) is 17.2 Å². The van der Waals surface area contributed by atoms with Gasteiger partial charge in [-0.3, -0.25) is 13.9 Å². The molecule has 0 N–H and O–H groups in total. The fourth-order valence-electron chi connectivity index (χ4n) is 2.87. The molecule has 0 fully saturated rings. The van der Waals surface area contributed by atoms with Crippen LogP contribution in [0, 0.1) is 6.92 Å². The Kier molecular flexibility index (Phi) is 4.60. The van der Waals surface area contributed by atoms with Crippen molar-refractivity contribution >= 4 is 22.9 Å². The molecule has 0 amide bonds. The molecule has 0 atom stereocenters. The number of benzene rings is 1. The van der Waals surface area contributed by atoms with E-state index in [9.17, 15) is 9.59 Å². The van der Waals surface area contributed by atoms with Crippen molar-refractivity contribution < 1.29 is 0 Å². The predicted octanol–water partition coefficient (Wildman–Crippen LogP) is 2.29. The van der Waals surface area contributed by atoms with E-state index >= 15 is 0 Å². The van der Waals surface area contributed by atoms with Crippen LogP contribution in [-0.2, 0) is 20.6 Å². The van der Waals surface area contributed by atoms with Crippen LogP contribution in [0.25, 0.3) is 11.2 Å². The highest BCUT2D eigenvalue weighted by Gasteiger charge is 2.20. The number of hydrogen-bond donors (Lipinski definition) is 0. The van der Waals surface area contributed by atoms with Crippen LogP contribution in [0.2, 0.25) is 0 Å². The Bertz CT molecular complexity index is 1060. The first-order valence-electron chi connectivity index (χ1n) is 8.18. The molecule has 2 aromatic heterocycles. The molecule has 3 aromatic rings. The van der Waals surface area contributed by atoms with Gasteiger partial charge in [-0.2, -0.15) is 0 Å². The van der Waals surface area contributed by atoms with Crippen LogP contribution in [-0.4, -0.2) is 23.9 Å². The second-order valence-electron chi connectivity index (χ2n) is 6.51. The molecule has 0 saturated carbocycles. The molecule has 25 heavy (non-hydrogen) atoms. The van der Waals surface area contributed by atoms with Gasteiger partial charge in [-0.05, 0) is 12.5 Å². The average molecular weight is 358 g/mol. The molecule has 0 bridgehead atoms. The molecule has 0 aliphatic carbocycles. The standard InChI is InChI=1S/C18H22N4O2S/c1-11(2)25-17-19-15-14(16(23)21(5)18(24)20(15)4)22(17)10-13-8-6-7-12(3)9-13/h6-9,11H,10H2,1-5H3. The maximum Gasteiger partial charge on any atom is 0.332 e. The number of aromatic nitrogens is 4. The Morgan fingerprint density at radius 3 is 2.52 bits per heavy atom. The highest BCUT2D eigenvalue weighted by atomic mass is 32.2. The summed E-state index contributed by atoms with van der Waals surface area (Å²) in [5.74, 6) is 0. The van der Waals surface area contributed by atoms with Crippen molar-refractivity contribution in [3.8, 4) is 0 Å². The van der Waals surface area contributed by atoms with Crippen molar-refractivity contribution in [2.45, 2.75) is 37.7 Å². The Labute approximate surface area is 150 Å². The van der Waals surface area contributed by atoms with E-state index in [1.807, 2.05) is 29.7 Å². The zero-order valence-corrected chi connectivity index (χ0v) is 15.9. The highest BCUT2D eigenvalue weighted by molar-refractivity contribution is 7.99. The largest absolute Gasteiger partial charge is 0.332 e. The van der Waals surface area contributed by atoms with Crippen LogP contribution >= 0.6 is 11.8 Å². The number of imidazole rings is 1. The minimum atomic E-state index is -0.362. The lowest BCUT2D eigenvalue weighted by Crippen LogP contribution is -2.37. The SMILES string of the molecule is Cc1cccc(Cn2c(SC(C)C)nc3c2c(=O)n(C)c(=O)n3C)c1. The van der Waals surface area contributed by atoms with E-state index in [-0.39, 0.29) is 11.2 Å². The van der Waals surface area contributed by atoms with Gasteiger partial charge in [0.15, 0.2) is 16.3 Å². The van der Waals surface area contributed by atoms with Gasteiger partial charge in [-0.25, -0.2) is 9.78 Å². The van der Waals surface area contributed by atoms with Crippen LogP contribution < -0.4 is 11.2 Å². The Hall–Kier alpha value is -2.28. The summed E-state index contributed by atoms with van der Waals surface area (Å²) in [5, 5.41) is 1.07. The first kappa shape index (κ1) is 17.5. The van der Waals surface area contributed by atoms with Gasteiger partial charge in [0.1, 0.15) is 0 Å². The lowest BCUT2D eigenvalue weighted by atomic mass is 10.1. The second kappa shape index (κ2) is 6.55. The molecule has 132 valence electrons. The van der Waals surface area contributed by atoms with Crippen LogP contribution in [0.4, 0.5) is 0 Å². The lowest BCUT2D eigenvalue weighted by Gasteiger charge is -2.11. The third-order valence-corrected chi connectivity index (χ3v) is 5.07. The van der Waals surface area contributed by atoms with Gasteiger partial charge in [-0.1, -0.05) is 55.4 Å². The van der Waals surface area contributed by atoms with Crippen molar-refractivity contribution in [3.05, 3.63) is 56.2 Å². The molecule has 0 aliphatic heterocycles. The van der Waals surface area contributed by atoms with Gasteiger partial charge in [0, 0.05) is 19.3 Å². The maximum absolute atomic E-state index is 12.8. The minimum absolute atomic E-state index is 0.311. The van der Waals surface area contributed by atoms with Crippen LogP contribution in [0.3, 0.4) is 0 Å². The van der Waals surface area contributed by atoms with Crippen molar-refractivity contribution in [3.63, 3.8) is 0 Å². The van der Waals surface area contributed by atoms with E-state index in [2.05, 4.69) is 24.9 Å². The van der Waals surface area contributed by atoms with E-state index in [1.54, 1.807) is 18.8 Å². The second-order valence-corrected chi connectivity index (χ2v) is 8.06. The Morgan fingerprint density at radius 1 is 1.16 bits per heavy atom. The van der Waals surface area contributed by atoms with Crippen LogP contribution in [0.15, 0.2) is 39.0 Å². The minimum Gasteiger partial charge on any atom is -0.309 e. The Morgan fingerprint density at radius 2 is 1.88 bits per heavy atom. The fourth-order valence-corrected chi connectivity index (χ4v) is 3.71. The van der Waals surface area contributed by atoms with Gasteiger partial charge in [0.2, 0.25) is 0 Å². The summed E-state index contributed by atoms with van der Waals surface area (Å²) in [6, 6.07) is 8.19. The third-order valence-electron chi connectivity index (χ3n) is 4.08. The average Bonchev–Trinajstić information content (AvgIpc) is 2.89. The summed E-state index contributed by atoms with van der Waals surface area (Å²) in [7, 11) is 3.15. The summed E-state index contributed by atoms with van der Waals surface area (Å²) in [4.78, 5) is 29.6. The third kappa shape index (κ3) is 3.16. The zero-order valence-electron chi connectivity index (χ0n) is 15.1. The van der Waals surface area contributed by atoms with Gasteiger partial charge in [0.05, 0.1) is 6.54 Å². The molecule has 3 rings (SSSR count). The molecule has 2 heterocycles. The molecule has 1 aromatic carbocycles. The lowest BCUT2D eigenvalue weighted by molar-refractivity contribution is 0.696. The summed E-state index contributed by atoms with van der Waals surface area (Å²) >= 11 is 1.59.